The predicted octanol–water partition coefficient (Wildman–Crippen LogP) is 7.23. The molecule has 45 heavy (non-hydrogen) atoms. The van der Waals surface area contributed by atoms with Crippen LogP contribution in [0.5, 0.6) is 0 Å². The molecule has 0 aromatic heterocycles. The van der Waals surface area contributed by atoms with Gasteiger partial charge in [-0.1, -0.05) is 90.3 Å². The van der Waals surface area contributed by atoms with E-state index in [1.807, 2.05) is 30.4 Å². The summed E-state index contributed by atoms with van der Waals surface area (Å²) in [5.41, 5.74) is 2.15. The largest absolute Gasteiger partial charge is 0.479 e. The van der Waals surface area contributed by atoms with Gasteiger partial charge in [0.05, 0.1) is 16.7 Å². The first kappa shape index (κ1) is 36.0. The van der Waals surface area contributed by atoms with Gasteiger partial charge in [0.25, 0.3) is 5.91 Å². The number of esters is 1. The van der Waals surface area contributed by atoms with Gasteiger partial charge >= 0.3 is 11.9 Å². The number of fused-ring (bicyclic) bond motifs is 1. The topological polar surface area (TPSA) is 102 Å². The zero-order chi connectivity index (χ0) is 32.6. The number of carboxylic acids is 1. The number of likely N-dealkylation sites (N-methyl/N-ethyl adjacent to an activating group) is 1. The lowest BCUT2D eigenvalue weighted by Crippen LogP contribution is -2.50. The smallest absolute Gasteiger partial charge is 0.336 e. The van der Waals surface area contributed by atoms with Crippen LogP contribution in [0, 0.1) is 0 Å². The van der Waals surface area contributed by atoms with Gasteiger partial charge in [0.1, 0.15) is 6.61 Å². The van der Waals surface area contributed by atoms with Gasteiger partial charge in [-0.05, 0) is 73.1 Å². The molecule has 3 rings (SSSR count). The summed E-state index contributed by atoms with van der Waals surface area (Å²) in [6.07, 6.45) is 5.35. The first-order chi connectivity index (χ1) is 21.7. The van der Waals surface area contributed by atoms with Crippen molar-refractivity contribution in [3.63, 3.8) is 0 Å². The Balaban J connectivity index is 1.53. The number of benzene rings is 3. The number of hydrogen-bond acceptors (Lipinski definition) is 6. The Bertz CT molecular complexity index is 1440. The van der Waals surface area contributed by atoms with Crippen LogP contribution in [-0.4, -0.2) is 73.5 Å². The third kappa shape index (κ3) is 12.1. The summed E-state index contributed by atoms with van der Waals surface area (Å²) >= 11 is 12.0. The van der Waals surface area contributed by atoms with Crippen molar-refractivity contribution in [1.29, 1.82) is 0 Å². The average Bonchev–Trinajstić information content (AvgIpc) is 3.02. The van der Waals surface area contributed by atoms with Crippen LogP contribution in [0.2, 0.25) is 10.0 Å². The molecule has 3 aromatic rings. The molecule has 0 radical (unpaired) electrons. The molecule has 10 heteroatoms. The lowest BCUT2D eigenvalue weighted by molar-refractivity contribution is -0.177. The SMILES string of the molecule is CCOC(=O)CO[C@@H](C(=O)O)[C@@H](OCCC/C=C/c1ccc(Cl)c(Cl)c1)C(=O)N(C)CCCCCc1ccc2ccccc2c1. The zero-order valence-corrected chi connectivity index (χ0v) is 27.3. The van der Waals surface area contributed by atoms with Crippen LogP contribution in [-0.2, 0) is 35.0 Å². The molecule has 1 amide bonds. The van der Waals surface area contributed by atoms with E-state index in [0.29, 0.717) is 29.4 Å². The van der Waals surface area contributed by atoms with E-state index in [-0.39, 0.29) is 13.2 Å². The number of halogens is 2. The van der Waals surface area contributed by atoms with Crippen molar-refractivity contribution in [1.82, 2.24) is 4.90 Å². The van der Waals surface area contributed by atoms with Gasteiger partial charge in [0.15, 0.2) is 12.2 Å². The Morgan fingerprint density at radius 1 is 0.889 bits per heavy atom. The number of unbranched alkanes of at least 4 members (excludes halogenated alkanes) is 3. The second-order valence-electron chi connectivity index (χ2n) is 10.6. The fourth-order valence-electron chi connectivity index (χ4n) is 4.76. The lowest BCUT2D eigenvalue weighted by atomic mass is 10.0. The standard InChI is InChI=1S/C35H41Cl2NO7/c1-3-43-31(39)24-45-33(35(41)42)32(44-21-11-5-7-13-26-17-19-29(36)30(37)23-26)34(40)38(2)20-10-4-6-12-25-16-18-27-14-8-9-15-28(27)22-25/h7-9,13-19,22-23,32-33H,3-6,10-12,20-21,24H2,1-2H3,(H,41,42)/b13-7+/t32-,33-/m1/s1. The van der Waals surface area contributed by atoms with E-state index in [2.05, 4.69) is 30.3 Å². The second kappa shape index (κ2) is 19.2. The maximum absolute atomic E-state index is 13.4. The van der Waals surface area contributed by atoms with Crippen LogP contribution < -0.4 is 0 Å². The Hall–Kier alpha value is -3.43. The Morgan fingerprint density at radius 3 is 2.40 bits per heavy atom. The highest BCUT2D eigenvalue weighted by Crippen LogP contribution is 2.23. The molecule has 0 unspecified atom stereocenters. The fourth-order valence-corrected chi connectivity index (χ4v) is 5.07. The summed E-state index contributed by atoms with van der Waals surface area (Å²) in [6, 6.07) is 20.0. The molecule has 1 N–H and O–H groups in total. The van der Waals surface area contributed by atoms with Crippen LogP contribution in [0.1, 0.15) is 50.2 Å². The van der Waals surface area contributed by atoms with E-state index in [4.69, 9.17) is 37.4 Å². The number of rotatable bonds is 19. The normalized spacial score (nSPS) is 12.7. The van der Waals surface area contributed by atoms with E-state index < -0.39 is 36.7 Å². The van der Waals surface area contributed by atoms with Crippen molar-refractivity contribution < 1.29 is 33.7 Å². The predicted molar refractivity (Wildman–Crippen MR) is 178 cm³/mol. The summed E-state index contributed by atoms with van der Waals surface area (Å²) in [5, 5.41) is 13.2. The first-order valence-electron chi connectivity index (χ1n) is 15.2. The van der Waals surface area contributed by atoms with Gasteiger partial charge in [-0.15, -0.1) is 0 Å². The number of aryl methyl sites for hydroxylation is 1. The summed E-state index contributed by atoms with van der Waals surface area (Å²) < 4.78 is 16.0. The highest BCUT2D eigenvalue weighted by Gasteiger charge is 2.38. The van der Waals surface area contributed by atoms with Crippen LogP contribution in [0.15, 0.2) is 66.7 Å². The molecular formula is C35H41Cl2NO7. The molecule has 0 fully saturated rings. The van der Waals surface area contributed by atoms with E-state index >= 15 is 0 Å². The molecule has 0 spiro atoms. The Labute approximate surface area is 274 Å². The lowest BCUT2D eigenvalue weighted by Gasteiger charge is -2.28. The van der Waals surface area contributed by atoms with Gasteiger partial charge in [-0.2, -0.15) is 0 Å². The van der Waals surface area contributed by atoms with Gasteiger partial charge in [-0.3, -0.25) is 4.79 Å². The summed E-state index contributed by atoms with van der Waals surface area (Å²) in [6.45, 7) is 1.68. The second-order valence-corrected chi connectivity index (χ2v) is 11.5. The molecule has 0 saturated heterocycles. The minimum Gasteiger partial charge on any atom is -0.479 e. The number of carboxylic acid groups (broad SMARTS) is 1. The minimum absolute atomic E-state index is 0.105. The van der Waals surface area contributed by atoms with Gasteiger partial charge < -0.3 is 24.2 Å². The van der Waals surface area contributed by atoms with Crippen molar-refractivity contribution in [3.8, 4) is 0 Å². The van der Waals surface area contributed by atoms with E-state index in [0.717, 1.165) is 31.2 Å². The summed E-state index contributed by atoms with van der Waals surface area (Å²) in [5.74, 6) is -2.64. The molecule has 0 aliphatic heterocycles. The Morgan fingerprint density at radius 2 is 1.67 bits per heavy atom. The number of nitrogens with zero attached hydrogens (tertiary/aromatic N) is 1. The molecule has 0 bridgehead atoms. The molecule has 0 aliphatic rings. The number of aliphatic carboxylic acids is 1. The molecule has 242 valence electrons. The molecule has 2 atom stereocenters. The Kier molecular flexibility index (Phi) is 15.4. The highest BCUT2D eigenvalue weighted by atomic mass is 35.5. The summed E-state index contributed by atoms with van der Waals surface area (Å²) in [7, 11) is 1.62. The number of amides is 1. The van der Waals surface area contributed by atoms with E-state index in [1.165, 1.54) is 21.2 Å². The molecule has 0 heterocycles. The van der Waals surface area contributed by atoms with Gasteiger partial charge in [-0.25, -0.2) is 9.59 Å². The number of hydrogen-bond donors (Lipinski definition) is 1. The quantitative estimate of drug-likeness (QED) is 0.107. The molecule has 3 aromatic carbocycles. The maximum atomic E-state index is 13.4. The van der Waals surface area contributed by atoms with Crippen molar-refractivity contribution in [3.05, 3.63) is 87.9 Å². The number of carbonyl (C=O) groups is 3. The highest BCUT2D eigenvalue weighted by molar-refractivity contribution is 6.42. The minimum atomic E-state index is -1.68. The van der Waals surface area contributed by atoms with Crippen LogP contribution >= 0.6 is 23.2 Å². The van der Waals surface area contributed by atoms with Crippen molar-refractivity contribution in [2.75, 3.05) is 33.4 Å². The molecule has 8 nitrogen and oxygen atoms in total. The van der Waals surface area contributed by atoms with E-state index in [1.54, 1.807) is 26.1 Å². The third-order valence-corrected chi connectivity index (χ3v) is 7.90. The van der Waals surface area contributed by atoms with Crippen molar-refractivity contribution in [2.45, 2.75) is 57.7 Å². The van der Waals surface area contributed by atoms with E-state index in [9.17, 15) is 19.5 Å². The average molecular weight is 659 g/mol. The molecule has 0 saturated carbocycles. The monoisotopic (exact) mass is 657 g/mol. The van der Waals surface area contributed by atoms with Gasteiger partial charge in [0, 0.05) is 20.2 Å². The van der Waals surface area contributed by atoms with Crippen molar-refractivity contribution >= 4 is 57.9 Å². The van der Waals surface area contributed by atoms with Crippen LogP contribution in [0.25, 0.3) is 16.8 Å². The fraction of sp³-hybridized carbons (Fsp3) is 0.400. The number of ether oxygens (including phenoxy) is 3. The number of carbonyl (C=O) groups excluding carboxylic acids is 2. The zero-order valence-electron chi connectivity index (χ0n) is 25.8. The summed E-state index contributed by atoms with van der Waals surface area (Å²) in [4.78, 5) is 38.9. The van der Waals surface area contributed by atoms with Gasteiger partial charge in [0.2, 0.25) is 0 Å². The maximum Gasteiger partial charge on any atom is 0.336 e. The number of allylic oxidation sites excluding steroid dienone is 1. The molecule has 0 aliphatic carbocycles. The van der Waals surface area contributed by atoms with Crippen molar-refractivity contribution in [2.24, 2.45) is 0 Å². The van der Waals surface area contributed by atoms with Crippen LogP contribution in [0.4, 0.5) is 0 Å². The first-order valence-corrected chi connectivity index (χ1v) is 15.9. The van der Waals surface area contributed by atoms with Crippen LogP contribution in [0.3, 0.4) is 0 Å². The third-order valence-electron chi connectivity index (χ3n) is 7.16. The molecular weight excluding hydrogens is 617 g/mol.